The molecule has 0 radical (unpaired) electrons. The predicted octanol–water partition coefficient (Wildman–Crippen LogP) is 1.50. The van der Waals surface area contributed by atoms with Crippen molar-refractivity contribution >= 4 is 53.7 Å². The Hall–Kier alpha value is -6.29. The van der Waals surface area contributed by atoms with Gasteiger partial charge in [0.05, 0.1) is 25.1 Å². The number of benzene rings is 1. The maximum absolute atomic E-state index is 13.1. The average Bonchev–Trinajstić information content (AvgIpc) is 3.30. The van der Waals surface area contributed by atoms with Crippen molar-refractivity contribution in [2.75, 3.05) is 13.2 Å². The van der Waals surface area contributed by atoms with E-state index < -0.39 is 177 Å². The molecule has 0 amide bonds. The Labute approximate surface area is 431 Å². The van der Waals surface area contributed by atoms with Gasteiger partial charge in [0.1, 0.15) is 37.6 Å². The minimum Gasteiger partial charge on any atom is -0.492 e. The van der Waals surface area contributed by atoms with Crippen LogP contribution in [0.2, 0.25) is 0 Å². The van der Waals surface area contributed by atoms with Crippen LogP contribution in [0, 0.1) is 0 Å². The van der Waals surface area contributed by atoms with Gasteiger partial charge in [-0.05, 0) is 25.5 Å². The smallest absolute Gasteiger partial charge is 0.303 e. The van der Waals surface area contributed by atoms with Crippen LogP contribution in [0.25, 0.3) is 0 Å². The highest BCUT2D eigenvalue weighted by Crippen LogP contribution is 2.38. The molecule has 18 atom stereocenters. The van der Waals surface area contributed by atoms with Gasteiger partial charge in [-0.25, -0.2) is 0 Å². The van der Waals surface area contributed by atoms with E-state index in [1.807, 2.05) is 0 Å². The fraction of sp³-hybridized carbons (Fsp3) is 0.653. The van der Waals surface area contributed by atoms with Crippen molar-refractivity contribution in [2.45, 2.75) is 193 Å². The van der Waals surface area contributed by atoms with Crippen LogP contribution in [-0.4, -0.2) is 177 Å². The van der Waals surface area contributed by atoms with Crippen LogP contribution in [0.1, 0.15) is 81.7 Å². The van der Waals surface area contributed by atoms with Gasteiger partial charge in [-0.15, -0.1) is 0 Å². The maximum Gasteiger partial charge on any atom is 0.303 e. The monoisotopic (exact) mass is 1070 g/mol. The van der Waals surface area contributed by atoms with Gasteiger partial charge in [0.15, 0.2) is 73.8 Å². The lowest BCUT2D eigenvalue weighted by Gasteiger charge is -2.49. The van der Waals surface area contributed by atoms with Crippen molar-refractivity contribution in [1.29, 1.82) is 0 Å². The summed E-state index contributed by atoms with van der Waals surface area (Å²) in [5.41, 5.74) is 0.712. The van der Waals surface area contributed by atoms with Crippen molar-refractivity contribution < 1.29 is 124 Å². The predicted molar refractivity (Wildman–Crippen MR) is 243 cm³/mol. The van der Waals surface area contributed by atoms with Crippen LogP contribution in [-0.2, 0) is 130 Å². The van der Waals surface area contributed by atoms with Gasteiger partial charge in [-0.3, -0.25) is 43.2 Å². The van der Waals surface area contributed by atoms with E-state index in [9.17, 15) is 43.2 Å². The van der Waals surface area contributed by atoms with Crippen LogP contribution in [0.3, 0.4) is 0 Å². The summed E-state index contributed by atoms with van der Waals surface area (Å²) in [6.07, 6.45) is -24.8. The maximum atomic E-state index is 13.1. The summed E-state index contributed by atoms with van der Waals surface area (Å²) in [6, 6.07) is 8.94. The van der Waals surface area contributed by atoms with Crippen LogP contribution < -0.4 is 0 Å². The molecule has 4 aliphatic rings. The second kappa shape index (κ2) is 27.5. The second-order valence-corrected chi connectivity index (χ2v) is 17.7. The first kappa shape index (κ1) is 59.6. The Bertz CT molecular complexity index is 2200. The summed E-state index contributed by atoms with van der Waals surface area (Å²) >= 11 is 0. The van der Waals surface area contributed by atoms with Crippen molar-refractivity contribution in [3.63, 3.8) is 0 Å². The Balaban J connectivity index is 1.65. The van der Waals surface area contributed by atoms with Crippen molar-refractivity contribution in [3.05, 3.63) is 48.2 Å². The summed E-state index contributed by atoms with van der Waals surface area (Å²) in [7, 11) is 0. The van der Waals surface area contributed by atoms with Crippen LogP contribution in [0.15, 0.2) is 42.7 Å². The molecule has 0 saturated carbocycles. The van der Waals surface area contributed by atoms with Crippen LogP contribution in [0.4, 0.5) is 0 Å². The Morgan fingerprint density at radius 1 is 0.413 bits per heavy atom. The first-order chi connectivity index (χ1) is 35.4. The standard InChI is InChI=1S/C49H64O26/c1-22-37(65-26(5)52)41(62-19-33-15-13-12-14-16-33)44(70-31(10)57)47(63-22)72-34-17-18-59-35(20-60-24(3)50)39(34)74-49-46(43(69-30(9)56)40(67-28(7)54)36(73-49)21-61-25(4)51)75-48-45(71-32(11)58)42(68-29(8)55)38(23(2)64-48)66-27(6)53/h12-18,22-23,34-49H,19-21H2,1-11H3/t22?,23?,34?,35?,36?,37-,38-,39+,40+,41?,42?,43+,44+,45+,46?,47+,48?,49+/m1/s1. The molecule has 75 heavy (non-hydrogen) atoms. The number of ether oxygens (including phenoxy) is 17. The van der Waals surface area contributed by atoms with Gasteiger partial charge in [-0.2, -0.15) is 0 Å². The van der Waals surface area contributed by atoms with Crippen molar-refractivity contribution in [2.24, 2.45) is 0 Å². The normalized spacial score (nSPS) is 33.2. The van der Waals surface area contributed by atoms with Crippen LogP contribution in [0.5, 0.6) is 0 Å². The number of hydrogen-bond acceptors (Lipinski definition) is 26. The molecule has 4 aliphatic heterocycles. The molecule has 416 valence electrons. The molecule has 4 heterocycles. The highest BCUT2D eigenvalue weighted by molar-refractivity contribution is 5.70. The number of esters is 9. The lowest BCUT2D eigenvalue weighted by atomic mass is 9.96. The molecule has 0 aliphatic carbocycles. The molecule has 26 nitrogen and oxygen atoms in total. The molecule has 3 saturated heterocycles. The SMILES string of the molecule is CC(=O)OCC1OC=CC(O[C@@H]2OC(C)[C@@H](OC(C)=O)C(OCc3ccccc3)[C@@H]2OC(C)=O)[C@@H]1O[C@@H]1OC(COC(C)=O)[C@H](OC(C)=O)[C@H](OC(C)=O)C1OC1OC(C)[C@@H](OC(C)=O)C(OC(C)=O)[C@@H]1OC(C)=O. The molecule has 0 N–H and O–H groups in total. The summed E-state index contributed by atoms with van der Waals surface area (Å²) in [4.78, 5) is 114. The third kappa shape index (κ3) is 17.1. The van der Waals surface area contributed by atoms with E-state index >= 15 is 0 Å². The fourth-order valence-corrected chi connectivity index (χ4v) is 8.62. The largest absolute Gasteiger partial charge is 0.492 e. The highest BCUT2D eigenvalue weighted by Gasteiger charge is 2.59. The Morgan fingerprint density at radius 3 is 1.32 bits per heavy atom. The minimum absolute atomic E-state index is 0.0472. The van der Waals surface area contributed by atoms with E-state index in [1.165, 1.54) is 26.2 Å². The van der Waals surface area contributed by atoms with E-state index in [0.717, 1.165) is 55.4 Å². The first-order valence-electron chi connectivity index (χ1n) is 23.8. The lowest BCUT2D eigenvalue weighted by Crippen LogP contribution is -2.67. The third-order valence-corrected chi connectivity index (χ3v) is 11.4. The number of hydrogen-bond donors (Lipinski definition) is 0. The van der Waals surface area contributed by atoms with Crippen LogP contribution >= 0.6 is 0 Å². The first-order valence-corrected chi connectivity index (χ1v) is 23.8. The quantitative estimate of drug-likeness (QED) is 0.132. The zero-order valence-electron chi connectivity index (χ0n) is 43.2. The Morgan fingerprint density at radius 2 is 0.813 bits per heavy atom. The fourth-order valence-electron chi connectivity index (χ4n) is 8.62. The molecule has 1 aromatic rings. The topological polar surface area (TPSA) is 311 Å². The molecule has 3 fully saturated rings. The zero-order valence-corrected chi connectivity index (χ0v) is 43.2. The molecule has 9 unspecified atom stereocenters. The molecule has 1 aromatic carbocycles. The summed E-state index contributed by atoms with van der Waals surface area (Å²) in [6.45, 7) is 11.5. The third-order valence-electron chi connectivity index (χ3n) is 11.4. The molecule has 26 heteroatoms. The van der Waals surface area contributed by atoms with Gasteiger partial charge in [0, 0.05) is 62.3 Å². The van der Waals surface area contributed by atoms with E-state index in [2.05, 4.69) is 0 Å². The van der Waals surface area contributed by atoms with Crippen molar-refractivity contribution in [1.82, 2.24) is 0 Å². The molecule has 0 spiro atoms. The van der Waals surface area contributed by atoms with Gasteiger partial charge >= 0.3 is 53.7 Å². The molecule has 0 aromatic heterocycles. The molecule has 5 rings (SSSR count). The molecule has 0 bridgehead atoms. The highest BCUT2D eigenvalue weighted by atomic mass is 16.8. The van der Waals surface area contributed by atoms with E-state index in [0.29, 0.717) is 5.56 Å². The summed E-state index contributed by atoms with van der Waals surface area (Å²) in [5, 5.41) is 0. The summed E-state index contributed by atoms with van der Waals surface area (Å²) in [5.74, 6) is -7.64. The second-order valence-electron chi connectivity index (χ2n) is 17.7. The van der Waals surface area contributed by atoms with Gasteiger partial charge < -0.3 is 80.5 Å². The lowest BCUT2D eigenvalue weighted by molar-refractivity contribution is -0.379. The van der Waals surface area contributed by atoms with E-state index in [4.69, 9.17) is 80.5 Å². The number of rotatable bonds is 20. The number of carbonyl (C=O) groups is 9. The average molecular weight is 1070 g/mol. The van der Waals surface area contributed by atoms with Gasteiger partial charge in [-0.1, -0.05) is 30.3 Å². The number of carbonyl (C=O) groups excluding carboxylic acids is 9. The Kier molecular flexibility index (Phi) is 21.8. The van der Waals surface area contributed by atoms with Gasteiger partial charge in [0.25, 0.3) is 0 Å². The zero-order chi connectivity index (χ0) is 55.3. The van der Waals surface area contributed by atoms with Crippen molar-refractivity contribution in [3.8, 4) is 0 Å². The van der Waals surface area contributed by atoms with Gasteiger partial charge in [0.2, 0.25) is 0 Å². The minimum atomic E-state index is -1.94. The molecular weight excluding hydrogens is 1000 g/mol. The summed E-state index contributed by atoms with van der Waals surface area (Å²) < 4.78 is 101. The molecular formula is C49H64O26. The van der Waals surface area contributed by atoms with E-state index in [-0.39, 0.29) is 6.61 Å². The van der Waals surface area contributed by atoms with E-state index in [1.54, 1.807) is 37.3 Å².